The van der Waals surface area contributed by atoms with Gasteiger partial charge in [0.25, 0.3) is 0 Å². The molecular weight excluding hydrogens is 363 g/mol. The molecule has 0 aliphatic rings. The zero-order chi connectivity index (χ0) is 18.0. The van der Waals surface area contributed by atoms with E-state index < -0.39 is 5.97 Å². The van der Waals surface area contributed by atoms with Gasteiger partial charge in [0.05, 0.1) is 24.9 Å². The van der Waals surface area contributed by atoms with Crippen LogP contribution in [-0.4, -0.2) is 28.0 Å². The predicted octanol–water partition coefficient (Wildman–Crippen LogP) is 4.50. The standard InChI is InChI=1S/C18H14Cl2N2O3/c1-25-13-4-5-14-16(6-7-18(23)24)21-22(17(14)9-13)10-11-2-3-12(19)8-15(11)20/h2-9H,10H2,1H3,(H,23,24)/b7-6+. The van der Waals surface area contributed by atoms with Crippen molar-refractivity contribution in [2.45, 2.75) is 6.54 Å². The van der Waals surface area contributed by atoms with E-state index in [-0.39, 0.29) is 0 Å². The number of carboxylic acids is 1. The number of hydrogen-bond donors (Lipinski definition) is 1. The number of ether oxygens (including phenoxy) is 1. The van der Waals surface area contributed by atoms with Crippen molar-refractivity contribution in [3.05, 3.63) is 63.8 Å². The molecule has 1 aromatic heterocycles. The summed E-state index contributed by atoms with van der Waals surface area (Å²) in [5.74, 6) is -0.346. The zero-order valence-corrected chi connectivity index (χ0v) is 14.8. The number of nitrogens with zero attached hydrogens (tertiary/aromatic N) is 2. The number of carbonyl (C=O) groups is 1. The molecule has 0 bridgehead atoms. The maximum Gasteiger partial charge on any atom is 0.328 e. The summed E-state index contributed by atoms with van der Waals surface area (Å²) >= 11 is 12.2. The van der Waals surface area contributed by atoms with Crippen LogP contribution in [0.1, 0.15) is 11.3 Å². The van der Waals surface area contributed by atoms with Crippen LogP contribution in [0.3, 0.4) is 0 Å². The first kappa shape index (κ1) is 17.3. The highest BCUT2D eigenvalue weighted by atomic mass is 35.5. The van der Waals surface area contributed by atoms with Crippen LogP contribution < -0.4 is 4.74 Å². The van der Waals surface area contributed by atoms with Crippen LogP contribution in [-0.2, 0) is 11.3 Å². The first-order valence-electron chi connectivity index (χ1n) is 7.37. The van der Waals surface area contributed by atoms with Crippen molar-refractivity contribution in [1.82, 2.24) is 9.78 Å². The summed E-state index contributed by atoms with van der Waals surface area (Å²) in [7, 11) is 1.59. The van der Waals surface area contributed by atoms with Crippen LogP contribution in [0.25, 0.3) is 17.0 Å². The van der Waals surface area contributed by atoms with Gasteiger partial charge in [-0.1, -0.05) is 29.3 Å². The third-order valence-corrected chi connectivity index (χ3v) is 4.29. The monoisotopic (exact) mass is 376 g/mol. The summed E-state index contributed by atoms with van der Waals surface area (Å²) in [6.45, 7) is 0.417. The number of aromatic nitrogens is 2. The Labute approximate surface area is 154 Å². The second kappa shape index (κ2) is 7.17. The largest absolute Gasteiger partial charge is 0.497 e. The molecule has 3 rings (SSSR count). The van der Waals surface area contributed by atoms with Gasteiger partial charge < -0.3 is 9.84 Å². The molecule has 0 amide bonds. The summed E-state index contributed by atoms with van der Waals surface area (Å²) in [5.41, 5.74) is 2.23. The maximum absolute atomic E-state index is 10.8. The van der Waals surface area contributed by atoms with Crippen molar-refractivity contribution in [1.29, 1.82) is 0 Å². The fourth-order valence-corrected chi connectivity index (χ4v) is 2.98. The highest BCUT2D eigenvalue weighted by Gasteiger charge is 2.12. The molecule has 0 spiro atoms. The molecule has 1 heterocycles. The van der Waals surface area contributed by atoms with E-state index in [2.05, 4.69) is 5.10 Å². The van der Waals surface area contributed by atoms with E-state index in [0.717, 1.165) is 22.5 Å². The minimum absolute atomic E-state index is 0.417. The Bertz CT molecular complexity index is 980. The van der Waals surface area contributed by atoms with E-state index in [1.807, 2.05) is 24.3 Å². The number of methoxy groups -OCH3 is 1. The summed E-state index contributed by atoms with van der Waals surface area (Å²) in [4.78, 5) is 10.8. The summed E-state index contributed by atoms with van der Waals surface area (Å²) < 4.78 is 7.04. The molecule has 0 aliphatic heterocycles. The molecule has 25 heavy (non-hydrogen) atoms. The lowest BCUT2D eigenvalue weighted by Crippen LogP contribution is -2.02. The predicted molar refractivity (Wildman–Crippen MR) is 98.5 cm³/mol. The van der Waals surface area contributed by atoms with Crippen molar-refractivity contribution in [3.8, 4) is 5.75 Å². The number of aliphatic carboxylic acids is 1. The second-order valence-electron chi connectivity index (χ2n) is 5.33. The molecular formula is C18H14Cl2N2O3. The van der Waals surface area contributed by atoms with Gasteiger partial charge in [-0.05, 0) is 35.9 Å². The number of benzene rings is 2. The Balaban J connectivity index is 2.10. The third kappa shape index (κ3) is 3.78. The van der Waals surface area contributed by atoms with Gasteiger partial charge in [0.1, 0.15) is 5.75 Å². The highest BCUT2D eigenvalue weighted by Crippen LogP contribution is 2.27. The molecule has 3 aromatic rings. The van der Waals surface area contributed by atoms with E-state index in [0.29, 0.717) is 28.0 Å². The highest BCUT2D eigenvalue weighted by molar-refractivity contribution is 6.35. The molecule has 5 nitrogen and oxygen atoms in total. The van der Waals surface area contributed by atoms with Gasteiger partial charge in [-0.3, -0.25) is 4.68 Å². The summed E-state index contributed by atoms with van der Waals surface area (Å²) in [5, 5.41) is 15.3. The van der Waals surface area contributed by atoms with Crippen molar-refractivity contribution >= 4 is 46.2 Å². The topological polar surface area (TPSA) is 64.3 Å². The minimum Gasteiger partial charge on any atom is -0.497 e. The zero-order valence-electron chi connectivity index (χ0n) is 13.2. The molecule has 0 radical (unpaired) electrons. The van der Waals surface area contributed by atoms with Crippen molar-refractivity contribution in [2.24, 2.45) is 0 Å². The molecule has 1 N–H and O–H groups in total. The van der Waals surface area contributed by atoms with Gasteiger partial charge >= 0.3 is 5.97 Å². The van der Waals surface area contributed by atoms with E-state index >= 15 is 0 Å². The molecule has 2 aromatic carbocycles. The first-order valence-corrected chi connectivity index (χ1v) is 8.13. The molecule has 0 atom stereocenters. The van der Waals surface area contributed by atoms with Crippen LogP contribution in [0.15, 0.2) is 42.5 Å². The van der Waals surface area contributed by atoms with Crippen LogP contribution >= 0.6 is 23.2 Å². The Morgan fingerprint density at radius 1 is 1.28 bits per heavy atom. The lowest BCUT2D eigenvalue weighted by atomic mass is 10.2. The Morgan fingerprint density at radius 3 is 2.76 bits per heavy atom. The number of hydrogen-bond acceptors (Lipinski definition) is 3. The second-order valence-corrected chi connectivity index (χ2v) is 6.18. The Morgan fingerprint density at radius 2 is 2.08 bits per heavy atom. The number of halogens is 2. The van der Waals surface area contributed by atoms with Gasteiger partial charge in [0, 0.05) is 27.6 Å². The third-order valence-electron chi connectivity index (χ3n) is 3.71. The van der Waals surface area contributed by atoms with Gasteiger partial charge in [-0.2, -0.15) is 5.10 Å². The molecule has 0 saturated heterocycles. The smallest absolute Gasteiger partial charge is 0.328 e. The van der Waals surface area contributed by atoms with Crippen molar-refractivity contribution in [2.75, 3.05) is 7.11 Å². The van der Waals surface area contributed by atoms with Gasteiger partial charge in [-0.15, -0.1) is 0 Å². The molecule has 7 heteroatoms. The van der Waals surface area contributed by atoms with Crippen LogP contribution in [0.2, 0.25) is 10.0 Å². The summed E-state index contributed by atoms with van der Waals surface area (Å²) in [6, 6.07) is 10.8. The van der Waals surface area contributed by atoms with E-state index in [1.54, 1.807) is 23.9 Å². The molecule has 0 unspecified atom stereocenters. The molecule has 0 fully saturated rings. The van der Waals surface area contributed by atoms with E-state index in [9.17, 15) is 4.79 Å². The lowest BCUT2D eigenvalue weighted by molar-refractivity contribution is -0.131. The maximum atomic E-state index is 10.8. The van der Waals surface area contributed by atoms with Crippen molar-refractivity contribution < 1.29 is 14.6 Å². The van der Waals surface area contributed by atoms with E-state index in [1.165, 1.54) is 6.08 Å². The summed E-state index contributed by atoms with van der Waals surface area (Å²) in [6.07, 6.45) is 2.53. The number of carboxylic acid groups (broad SMARTS) is 1. The fourth-order valence-electron chi connectivity index (χ4n) is 2.51. The Hall–Kier alpha value is -2.50. The first-order chi connectivity index (χ1) is 12.0. The average molecular weight is 377 g/mol. The number of rotatable bonds is 5. The quantitative estimate of drug-likeness (QED) is 0.665. The van der Waals surface area contributed by atoms with E-state index in [4.69, 9.17) is 33.0 Å². The molecule has 0 aliphatic carbocycles. The normalized spacial score (nSPS) is 11.3. The SMILES string of the molecule is COc1ccc2c(/C=C/C(=O)O)nn(Cc3ccc(Cl)cc3Cl)c2c1. The van der Waals surface area contributed by atoms with Crippen LogP contribution in [0.4, 0.5) is 0 Å². The van der Waals surface area contributed by atoms with Gasteiger partial charge in [0.2, 0.25) is 0 Å². The van der Waals surface area contributed by atoms with Crippen LogP contribution in [0.5, 0.6) is 5.75 Å². The van der Waals surface area contributed by atoms with Crippen LogP contribution in [0, 0.1) is 0 Å². The van der Waals surface area contributed by atoms with Gasteiger partial charge in [0.15, 0.2) is 0 Å². The molecule has 128 valence electrons. The average Bonchev–Trinajstić information content (AvgIpc) is 2.92. The van der Waals surface area contributed by atoms with Gasteiger partial charge in [-0.25, -0.2) is 4.79 Å². The fraction of sp³-hybridized carbons (Fsp3) is 0.111. The number of fused-ring (bicyclic) bond motifs is 1. The Kier molecular flexibility index (Phi) is 4.97. The minimum atomic E-state index is -1.03. The molecule has 0 saturated carbocycles. The lowest BCUT2D eigenvalue weighted by Gasteiger charge is -2.07. The van der Waals surface area contributed by atoms with Crippen molar-refractivity contribution in [3.63, 3.8) is 0 Å².